The highest BCUT2D eigenvalue weighted by Gasteiger charge is 2.57. The number of anilines is 2. The number of carbonyl (C=O) groups is 3. The normalized spacial score (nSPS) is 19.8. The summed E-state index contributed by atoms with van der Waals surface area (Å²) in [5.74, 6) is -1.97. The van der Waals surface area contributed by atoms with E-state index in [9.17, 15) is 19.2 Å². The van der Waals surface area contributed by atoms with Crippen LogP contribution in [0, 0.1) is 5.92 Å². The largest absolute Gasteiger partial charge is 0.469 e. The van der Waals surface area contributed by atoms with Crippen LogP contribution in [0.25, 0.3) is 10.8 Å². The van der Waals surface area contributed by atoms with Crippen LogP contribution in [0.2, 0.25) is 0 Å². The third-order valence-electron chi connectivity index (χ3n) is 7.35. The fourth-order valence-corrected chi connectivity index (χ4v) is 8.56. The molecule has 3 atom stereocenters. The average Bonchev–Trinajstić information content (AvgIpc) is 3.67. The quantitative estimate of drug-likeness (QED) is 0.241. The highest BCUT2D eigenvalue weighted by molar-refractivity contribution is 9.10. The Kier molecular flexibility index (Phi) is 6.44. The van der Waals surface area contributed by atoms with Crippen molar-refractivity contribution in [3.05, 3.63) is 110 Å². The summed E-state index contributed by atoms with van der Waals surface area (Å²) in [7, 11) is 0. The second-order valence-corrected chi connectivity index (χ2v) is 12.8. The van der Waals surface area contributed by atoms with Crippen molar-refractivity contribution in [1.29, 1.82) is 0 Å². The van der Waals surface area contributed by atoms with Gasteiger partial charge in [-0.2, -0.15) is 0 Å². The number of thiazole rings is 1. The van der Waals surface area contributed by atoms with Crippen LogP contribution in [0.5, 0.6) is 0 Å². The van der Waals surface area contributed by atoms with Gasteiger partial charge in [0.15, 0.2) is 0 Å². The van der Waals surface area contributed by atoms with E-state index < -0.39 is 17.1 Å². The maximum Gasteiger partial charge on any atom is 0.308 e. The predicted octanol–water partition coefficient (Wildman–Crippen LogP) is 5.85. The molecule has 11 heteroatoms. The molecule has 2 aliphatic rings. The summed E-state index contributed by atoms with van der Waals surface area (Å²) in [4.78, 5) is 55.6. The number of hydrogen-bond donors (Lipinski definition) is 1. The number of nitrogens with zero attached hydrogens (tertiary/aromatic N) is 2. The van der Waals surface area contributed by atoms with E-state index in [1.54, 1.807) is 36.4 Å². The molecule has 3 unspecified atom stereocenters. The van der Waals surface area contributed by atoms with Crippen LogP contribution in [0.3, 0.4) is 0 Å². The second-order valence-electron chi connectivity index (χ2n) is 9.74. The van der Waals surface area contributed by atoms with Crippen LogP contribution in [0.15, 0.2) is 104 Å². The van der Waals surface area contributed by atoms with E-state index in [1.165, 1.54) is 27.5 Å². The van der Waals surface area contributed by atoms with Crippen molar-refractivity contribution < 1.29 is 18.8 Å². The summed E-state index contributed by atoms with van der Waals surface area (Å²) in [6, 6.07) is 23.8. The molecule has 0 spiro atoms. The fraction of sp³-hybridized carbons (Fsp3) is 0.133. The van der Waals surface area contributed by atoms with Crippen LogP contribution >= 0.6 is 39.0 Å². The van der Waals surface area contributed by atoms with Gasteiger partial charge in [-0.15, -0.1) is 0 Å². The van der Waals surface area contributed by atoms with E-state index in [4.69, 9.17) is 4.42 Å². The molecule has 0 saturated carbocycles. The highest BCUT2D eigenvalue weighted by atomic mass is 79.9. The Labute approximate surface area is 250 Å². The summed E-state index contributed by atoms with van der Waals surface area (Å²) < 4.78 is 7.97. The van der Waals surface area contributed by atoms with Crippen LogP contribution < -0.4 is 15.1 Å². The van der Waals surface area contributed by atoms with E-state index in [2.05, 4.69) is 21.2 Å². The van der Waals surface area contributed by atoms with Crippen LogP contribution in [-0.2, 0) is 20.9 Å². The number of thioether (sulfide) groups is 1. The van der Waals surface area contributed by atoms with E-state index in [0.717, 1.165) is 26.6 Å². The van der Waals surface area contributed by atoms with Crippen molar-refractivity contribution in [3.8, 4) is 0 Å². The van der Waals surface area contributed by atoms with Gasteiger partial charge in [0.05, 0.1) is 33.7 Å². The number of hydrogen-bond acceptors (Lipinski definition) is 7. The van der Waals surface area contributed by atoms with Gasteiger partial charge in [0.1, 0.15) is 17.6 Å². The van der Waals surface area contributed by atoms with Gasteiger partial charge in [0, 0.05) is 15.5 Å². The first kappa shape index (κ1) is 26.0. The van der Waals surface area contributed by atoms with Gasteiger partial charge < -0.3 is 9.73 Å². The summed E-state index contributed by atoms with van der Waals surface area (Å²) in [5, 5.41) is 4.54. The minimum absolute atomic E-state index is 0.234. The molecule has 1 saturated heterocycles. The van der Waals surface area contributed by atoms with Gasteiger partial charge in [-0.05, 0) is 47.9 Å². The molecule has 0 radical (unpaired) electrons. The molecule has 2 aromatic heterocycles. The molecule has 3 amide bonds. The van der Waals surface area contributed by atoms with Crippen LogP contribution in [0.1, 0.15) is 16.6 Å². The number of halogens is 1. The molecule has 3 aromatic carbocycles. The molecule has 1 N–H and O–H groups in total. The SMILES string of the molecule is O=C(Cn1c2c(sc1=O)C(c1ccco1)C1C(=O)N(c3ccc(Br)cc3)C(=O)C1S2)Nc1cccc2ccccc12. The monoisotopic (exact) mass is 645 g/mol. The lowest BCUT2D eigenvalue weighted by atomic mass is 9.87. The molecule has 7 rings (SSSR count). The Balaban J connectivity index is 1.25. The molecule has 4 heterocycles. The van der Waals surface area contributed by atoms with Gasteiger partial charge in [-0.3, -0.25) is 23.7 Å². The number of fused-ring (bicyclic) bond motifs is 3. The van der Waals surface area contributed by atoms with Crippen LogP contribution in [-0.4, -0.2) is 27.5 Å². The number of aromatic nitrogens is 1. The van der Waals surface area contributed by atoms with E-state index in [0.29, 0.717) is 27.0 Å². The molecular formula is C30H20BrN3O5S2. The number of carbonyl (C=O) groups excluding carboxylic acids is 3. The third-order valence-corrected chi connectivity index (χ3v) is 10.5. The molecule has 2 aliphatic heterocycles. The Morgan fingerprint density at radius 1 is 0.927 bits per heavy atom. The molecular weight excluding hydrogens is 626 g/mol. The molecule has 204 valence electrons. The summed E-state index contributed by atoms with van der Waals surface area (Å²) in [5.41, 5.74) is 1.12. The number of benzene rings is 3. The smallest absolute Gasteiger partial charge is 0.308 e. The first-order chi connectivity index (χ1) is 19.9. The third kappa shape index (κ3) is 4.35. The topological polar surface area (TPSA) is 102 Å². The highest BCUT2D eigenvalue weighted by Crippen LogP contribution is 2.54. The Morgan fingerprint density at radius 3 is 2.49 bits per heavy atom. The number of amides is 3. The molecule has 1 fully saturated rings. The van der Waals surface area contributed by atoms with Crippen molar-refractivity contribution >= 4 is 78.9 Å². The Morgan fingerprint density at radius 2 is 1.71 bits per heavy atom. The van der Waals surface area contributed by atoms with Crippen molar-refractivity contribution in [2.24, 2.45) is 5.92 Å². The number of furan rings is 1. The predicted molar refractivity (Wildman–Crippen MR) is 161 cm³/mol. The van der Waals surface area contributed by atoms with Gasteiger partial charge in [-0.25, -0.2) is 4.90 Å². The summed E-state index contributed by atoms with van der Waals surface area (Å²) >= 11 is 5.55. The standard InChI is InChI=1S/C30H20BrN3O5S2/c31-17-10-12-18(13-11-17)34-27(36)24-23(21-9-4-14-39-21)26-29(40-25(24)28(34)37)33(30(38)41-26)15-22(35)32-20-8-3-6-16-5-1-2-7-19(16)20/h1-14,23-25H,15H2,(H,32,35). The first-order valence-electron chi connectivity index (χ1n) is 12.8. The zero-order valence-corrected chi connectivity index (χ0v) is 24.4. The molecule has 5 aromatic rings. The van der Waals surface area contributed by atoms with Crippen molar-refractivity contribution in [1.82, 2.24) is 4.57 Å². The van der Waals surface area contributed by atoms with Gasteiger partial charge in [-0.1, -0.05) is 75.4 Å². The van der Waals surface area contributed by atoms with E-state index >= 15 is 0 Å². The Hall–Kier alpha value is -3.93. The maximum atomic E-state index is 13.8. The number of rotatable bonds is 5. The van der Waals surface area contributed by atoms with E-state index in [1.807, 2.05) is 42.5 Å². The lowest BCUT2D eigenvalue weighted by molar-refractivity contribution is -0.122. The number of imide groups is 1. The summed E-state index contributed by atoms with van der Waals surface area (Å²) in [6.07, 6.45) is 1.51. The molecule has 0 aliphatic carbocycles. The molecule has 8 nitrogen and oxygen atoms in total. The minimum atomic E-state index is -0.782. The summed E-state index contributed by atoms with van der Waals surface area (Å²) in [6.45, 7) is -0.234. The lowest BCUT2D eigenvalue weighted by Crippen LogP contribution is -2.32. The molecule has 0 bridgehead atoms. The van der Waals surface area contributed by atoms with Gasteiger partial charge >= 0.3 is 4.87 Å². The zero-order chi connectivity index (χ0) is 28.2. The molecule has 41 heavy (non-hydrogen) atoms. The van der Waals surface area contributed by atoms with Gasteiger partial charge in [0.2, 0.25) is 17.7 Å². The first-order valence-corrected chi connectivity index (χ1v) is 15.2. The van der Waals surface area contributed by atoms with Crippen molar-refractivity contribution in [2.45, 2.75) is 22.7 Å². The van der Waals surface area contributed by atoms with Crippen LogP contribution in [0.4, 0.5) is 11.4 Å². The minimum Gasteiger partial charge on any atom is -0.469 e. The fourth-order valence-electron chi connectivity index (χ4n) is 5.54. The van der Waals surface area contributed by atoms with Crippen molar-refractivity contribution in [3.63, 3.8) is 0 Å². The second kappa shape index (κ2) is 10.2. The van der Waals surface area contributed by atoms with E-state index in [-0.39, 0.29) is 29.1 Å². The Bertz CT molecular complexity index is 1890. The number of nitrogens with one attached hydrogen (secondary N) is 1. The lowest BCUT2D eigenvalue weighted by Gasteiger charge is -2.29. The van der Waals surface area contributed by atoms with Crippen molar-refractivity contribution in [2.75, 3.05) is 10.2 Å². The van der Waals surface area contributed by atoms with Gasteiger partial charge in [0.25, 0.3) is 0 Å². The zero-order valence-electron chi connectivity index (χ0n) is 21.2. The maximum absolute atomic E-state index is 13.8. The average molecular weight is 647 g/mol.